The molecule has 14 heavy (non-hydrogen) atoms. The third kappa shape index (κ3) is 2.49. The predicted molar refractivity (Wildman–Crippen MR) is 63.1 cm³/mol. The van der Waals surface area contributed by atoms with Crippen molar-refractivity contribution in [3.63, 3.8) is 0 Å². The highest BCUT2D eigenvalue weighted by Gasteiger charge is 2.15. The van der Waals surface area contributed by atoms with Gasteiger partial charge in [0.1, 0.15) is 4.34 Å². The number of aromatic nitrogens is 1. The smallest absolute Gasteiger partial charge is 0.149 e. The average molecular weight is 228 g/mol. The molecule has 1 aliphatic heterocycles. The van der Waals surface area contributed by atoms with E-state index in [4.69, 9.17) is 0 Å². The zero-order chi connectivity index (χ0) is 9.80. The maximum Gasteiger partial charge on any atom is 0.149 e. The first-order valence-electron chi connectivity index (χ1n) is 5.13. The molecular formula is C10H16N2S2. The molecule has 0 radical (unpaired) electrons. The third-order valence-electron chi connectivity index (χ3n) is 2.58. The molecule has 0 spiro atoms. The molecule has 78 valence electrons. The van der Waals surface area contributed by atoms with Crippen LogP contribution < -0.4 is 5.32 Å². The lowest BCUT2D eigenvalue weighted by molar-refractivity contribution is 0.542. The monoisotopic (exact) mass is 228 g/mol. The molecule has 0 bridgehead atoms. The molecule has 4 heteroatoms. The van der Waals surface area contributed by atoms with E-state index in [1.165, 1.54) is 34.9 Å². The van der Waals surface area contributed by atoms with Crippen molar-refractivity contribution in [1.82, 2.24) is 10.3 Å². The normalized spacial score (nSPS) is 23.4. The minimum Gasteiger partial charge on any atom is -0.309 e. The summed E-state index contributed by atoms with van der Waals surface area (Å²) in [6.45, 7) is 1.16. The summed E-state index contributed by atoms with van der Waals surface area (Å²) in [5, 5.41) is 3.60. The molecule has 0 amide bonds. The van der Waals surface area contributed by atoms with Crippen LogP contribution in [0.15, 0.2) is 10.5 Å². The summed E-state index contributed by atoms with van der Waals surface area (Å²) in [4.78, 5) is 5.80. The van der Waals surface area contributed by atoms with Crippen LogP contribution in [-0.4, -0.2) is 17.8 Å². The number of nitrogens with zero attached hydrogens (tertiary/aromatic N) is 1. The number of nitrogens with one attached hydrogen (secondary N) is 1. The lowest BCUT2D eigenvalue weighted by Gasteiger charge is -2.12. The van der Waals surface area contributed by atoms with Gasteiger partial charge in [-0.3, -0.25) is 0 Å². The molecule has 1 atom stereocenters. The van der Waals surface area contributed by atoms with Crippen LogP contribution in [0, 0.1) is 0 Å². The van der Waals surface area contributed by atoms with Crippen LogP contribution in [-0.2, 0) is 0 Å². The van der Waals surface area contributed by atoms with Gasteiger partial charge in [0.15, 0.2) is 0 Å². The van der Waals surface area contributed by atoms with E-state index in [0.29, 0.717) is 6.04 Å². The Balaban J connectivity index is 2.04. The Kier molecular flexibility index (Phi) is 3.84. The minimum atomic E-state index is 0.566. The SMILES string of the molecule is CSc1ncc(C2CCCCCN2)s1. The lowest BCUT2D eigenvalue weighted by Crippen LogP contribution is -2.19. The van der Waals surface area contributed by atoms with Gasteiger partial charge in [0, 0.05) is 17.1 Å². The van der Waals surface area contributed by atoms with E-state index in [9.17, 15) is 0 Å². The van der Waals surface area contributed by atoms with Gasteiger partial charge in [-0.15, -0.1) is 11.3 Å². The molecule has 1 fully saturated rings. The average Bonchev–Trinajstić information content (AvgIpc) is 2.53. The maximum absolute atomic E-state index is 4.38. The summed E-state index contributed by atoms with van der Waals surface area (Å²) in [6.07, 6.45) is 9.45. The van der Waals surface area contributed by atoms with Crippen molar-refractivity contribution in [1.29, 1.82) is 0 Å². The third-order valence-corrected chi connectivity index (χ3v) is 4.69. The largest absolute Gasteiger partial charge is 0.309 e. The Morgan fingerprint density at radius 3 is 3.21 bits per heavy atom. The quantitative estimate of drug-likeness (QED) is 0.788. The maximum atomic E-state index is 4.38. The van der Waals surface area contributed by atoms with Gasteiger partial charge in [-0.2, -0.15) is 0 Å². The van der Waals surface area contributed by atoms with Crippen molar-refractivity contribution < 1.29 is 0 Å². The Morgan fingerprint density at radius 1 is 1.50 bits per heavy atom. The van der Waals surface area contributed by atoms with E-state index in [0.717, 1.165) is 6.54 Å². The summed E-state index contributed by atoms with van der Waals surface area (Å²) in [5.41, 5.74) is 0. The summed E-state index contributed by atoms with van der Waals surface area (Å²) in [5.74, 6) is 0. The second-order valence-corrected chi connectivity index (χ2v) is 5.70. The first kappa shape index (κ1) is 10.5. The molecular weight excluding hydrogens is 212 g/mol. The van der Waals surface area contributed by atoms with Crippen molar-refractivity contribution in [3.8, 4) is 0 Å². The van der Waals surface area contributed by atoms with Gasteiger partial charge < -0.3 is 5.32 Å². The van der Waals surface area contributed by atoms with E-state index in [1.54, 1.807) is 11.8 Å². The molecule has 0 saturated carbocycles. The van der Waals surface area contributed by atoms with E-state index >= 15 is 0 Å². The first-order valence-corrected chi connectivity index (χ1v) is 7.17. The summed E-state index contributed by atoms with van der Waals surface area (Å²) < 4.78 is 1.19. The molecule has 1 saturated heterocycles. The molecule has 0 aliphatic carbocycles. The van der Waals surface area contributed by atoms with Gasteiger partial charge in [0.2, 0.25) is 0 Å². The molecule has 1 aliphatic rings. The summed E-state index contributed by atoms with van der Waals surface area (Å²) in [7, 11) is 0. The molecule has 0 aromatic carbocycles. The molecule has 1 aromatic rings. The van der Waals surface area contributed by atoms with Crippen molar-refractivity contribution in [2.75, 3.05) is 12.8 Å². The Hall–Kier alpha value is -0.0600. The Bertz CT molecular complexity index is 277. The van der Waals surface area contributed by atoms with Crippen LogP contribution in [0.3, 0.4) is 0 Å². The van der Waals surface area contributed by atoms with Crippen LogP contribution in [0.25, 0.3) is 0 Å². The van der Waals surface area contributed by atoms with Gasteiger partial charge in [0.05, 0.1) is 0 Å². The molecule has 1 N–H and O–H groups in total. The van der Waals surface area contributed by atoms with Crippen molar-refractivity contribution in [2.24, 2.45) is 0 Å². The van der Waals surface area contributed by atoms with Crippen molar-refractivity contribution in [2.45, 2.75) is 36.1 Å². The van der Waals surface area contributed by atoms with E-state index < -0.39 is 0 Å². The standard InChI is InChI=1S/C10H16N2S2/c1-13-10-12-7-9(14-10)8-5-3-2-4-6-11-8/h7-8,11H,2-6H2,1H3. The zero-order valence-corrected chi connectivity index (χ0v) is 10.1. The second kappa shape index (κ2) is 5.14. The fraction of sp³-hybridized carbons (Fsp3) is 0.700. The van der Waals surface area contributed by atoms with Crippen LogP contribution in [0.2, 0.25) is 0 Å². The molecule has 1 aromatic heterocycles. The molecule has 2 nitrogen and oxygen atoms in total. The fourth-order valence-corrected chi connectivity index (χ4v) is 3.33. The minimum absolute atomic E-state index is 0.566. The van der Waals surface area contributed by atoms with Crippen molar-refractivity contribution in [3.05, 3.63) is 11.1 Å². The van der Waals surface area contributed by atoms with Crippen molar-refractivity contribution >= 4 is 23.1 Å². The number of hydrogen-bond acceptors (Lipinski definition) is 4. The van der Waals surface area contributed by atoms with Gasteiger partial charge in [0.25, 0.3) is 0 Å². The highest BCUT2D eigenvalue weighted by atomic mass is 32.2. The van der Waals surface area contributed by atoms with E-state index in [-0.39, 0.29) is 0 Å². The number of thioether (sulfide) groups is 1. The summed E-state index contributed by atoms with van der Waals surface area (Å²) in [6, 6.07) is 0.566. The number of hydrogen-bond donors (Lipinski definition) is 1. The number of rotatable bonds is 2. The number of thiazole rings is 1. The predicted octanol–water partition coefficient (Wildman–Crippen LogP) is 3.07. The first-order chi connectivity index (χ1) is 6.90. The van der Waals surface area contributed by atoms with Crippen LogP contribution >= 0.6 is 23.1 Å². The van der Waals surface area contributed by atoms with Gasteiger partial charge in [-0.25, -0.2) is 4.98 Å². The molecule has 2 heterocycles. The van der Waals surface area contributed by atoms with Crippen LogP contribution in [0.1, 0.15) is 36.6 Å². The fourth-order valence-electron chi connectivity index (χ4n) is 1.80. The zero-order valence-electron chi connectivity index (χ0n) is 8.45. The molecule has 1 unspecified atom stereocenters. The highest BCUT2D eigenvalue weighted by Crippen LogP contribution is 2.30. The van der Waals surface area contributed by atoms with E-state index in [1.807, 2.05) is 17.5 Å². The second-order valence-electron chi connectivity index (χ2n) is 3.59. The topological polar surface area (TPSA) is 24.9 Å². The highest BCUT2D eigenvalue weighted by molar-refractivity contribution is 8.00. The lowest BCUT2D eigenvalue weighted by atomic mass is 10.1. The van der Waals surface area contributed by atoms with Crippen LogP contribution in [0.5, 0.6) is 0 Å². The summed E-state index contributed by atoms with van der Waals surface area (Å²) >= 11 is 3.58. The molecule has 2 rings (SSSR count). The Labute approximate surface area is 93.5 Å². The van der Waals surface area contributed by atoms with Gasteiger partial charge in [-0.05, 0) is 25.6 Å². The van der Waals surface area contributed by atoms with Gasteiger partial charge in [-0.1, -0.05) is 24.6 Å². The van der Waals surface area contributed by atoms with Crippen LogP contribution in [0.4, 0.5) is 0 Å². The van der Waals surface area contributed by atoms with E-state index in [2.05, 4.69) is 16.6 Å². The Morgan fingerprint density at radius 2 is 2.43 bits per heavy atom. The van der Waals surface area contributed by atoms with Gasteiger partial charge >= 0.3 is 0 Å².